The van der Waals surface area contributed by atoms with Crippen LogP contribution < -0.4 is 14.8 Å². The standard InChI is InChI=1S/C17H25NO5.C16H17NO6S3/c1-17(2,3)18-14(16(20)21)9-10-15(19)23-11-12-5-7-13(22-4)8-6-12;1-12-7-9-14(10-8-12)26(21,22)23-16(18)15(11-24)17-25(19,20)13-5-3-2-4-6-13/h5-8,14,18H,9-11H2,1-4H3,(H,20,21);2-10,15,17,24H,11H2,1H3/t14-;15-/m00/s1. The van der Waals surface area contributed by atoms with Gasteiger partial charge in [-0.2, -0.15) is 25.8 Å². The van der Waals surface area contributed by atoms with E-state index in [1.165, 1.54) is 36.4 Å². The highest BCUT2D eigenvalue weighted by molar-refractivity contribution is 7.89. The van der Waals surface area contributed by atoms with Crippen LogP contribution in [0.3, 0.4) is 0 Å². The van der Waals surface area contributed by atoms with Gasteiger partial charge in [0.2, 0.25) is 10.0 Å². The molecule has 0 aliphatic rings. The highest BCUT2D eigenvalue weighted by Crippen LogP contribution is 2.16. The van der Waals surface area contributed by atoms with Crippen LogP contribution in [0.4, 0.5) is 0 Å². The number of hydrogen-bond donors (Lipinski definition) is 4. The molecule has 0 aromatic heterocycles. The molecule has 13 nitrogen and oxygen atoms in total. The molecule has 0 radical (unpaired) electrons. The first-order valence-electron chi connectivity index (χ1n) is 14.9. The van der Waals surface area contributed by atoms with Crippen molar-refractivity contribution in [1.82, 2.24) is 10.0 Å². The van der Waals surface area contributed by atoms with E-state index < -0.39 is 50.1 Å². The van der Waals surface area contributed by atoms with Crippen LogP contribution >= 0.6 is 12.6 Å². The third kappa shape index (κ3) is 14.6. The van der Waals surface area contributed by atoms with Gasteiger partial charge >= 0.3 is 28.0 Å². The van der Waals surface area contributed by atoms with Crippen LogP contribution in [-0.2, 0) is 50.1 Å². The number of methoxy groups -OCH3 is 1. The Labute approximate surface area is 292 Å². The van der Waals surface area contributed by atoms with E-state index in [0.717, 1.165) is 16.9 Å². The molecule has 0 aliphatic heterocycles. The van der Waals surface area contributed by atoms with E-state index >= 15 is 0 Å². The van der Waals surface area contributed by atoms with Crippen LogP contribution in [0.1, 0.15) is 44.7 Å². The van der Waals surface area contributed by atoms with Crippen molar-refractivity contribution in [2.24, 2.45) is 0 Å². The first-order valence-corrected chi connectivity index (χ1v) is 18.4. The molecule has 0 heterocycles. The van der Waals surface area contributed by atoms with Gasteiger partial charge in [0, 0.05) is 17.7 Å². The molecule has 0 fully saturated rings. The van der Waals surface area contributed by atoms with Crippen LogP contribution in [0.25, 0.3) is 0 Å². The average Bonchev–Trinajstić information content (AvgIpc) is 3.05. The molecule has 49 heavy (non-hydrogen) atoms. The lowest BCUT2D eigenvalue weighted by atomic mass is 10.0. The Morgan fingerprint density at radius 3 is 1.96 bits per heavy atom. The Bertz CT molecular complexity index is 1740. The molecular weight excluding hydrogens is 697 g/mol. The Balaban J connectivity index is 0.000000343. The van der Waals surface area contributed by atoms with Crippen molar-refractivity contribution in [2.75, 3.05) is 12.9 Å². The summed E-state index contributed by atoms with van der Waals surface area (Å²) in [4.78, 5) is 34.9. The number of aliphatic carboxylic acids is 1. The third-order valence-corrected chi connectivity index (χ3v) is 9.51. The number of sulfonamides is 1. The average molecular weight is 739 g/mol. The van der Waals surface area contributed by atoms with Crippen molar-refractivity contribution in [3.05, 3.63) is 90.0 Å². The number of hydrogen-bond acceptors (Lipinski definition) is 12. The molecule has 16 heteroatoms. The van der Waals surface area contributed by atoms with Gasteiger partial charge < -0.3 is 18.8 Å². The Morgan fingerprint density at radius 1 is 0.857 bits per heavy atom. The highest BCUT2D eigenvalue weighted by atomic mass is 32.2. The van der Waals surface area contributed by atoms with Crippen LogP contribution in [0.15, 0.2) is 88.7 Å². The lowest BCUT2D eigenvalue weighted by Crippen LogP contribution is -2.47. The van der Waals surface area contributed by atoms with E-state index in [1.54, 1.807) is 44.4 Å². The summed E-state index contributed by atoms with van der Waals surface area (Å²) in [5.41, 5.74) is 1.34. The normalized spacial score (nSPS) is 12.9. The molecule has 0 amide bonds. The number of carboxylic acids is 1. The number of esters is 1. The molecule has 3 aromatic carbocycles. The van der Waals surface area contributed by atoms with Gasteiger partial charge in [0.05, 0.1) is 12.0 Å². The van der Waals surface area contributed by atoms with Gasteiger partial charge in [-0.15, -0.1) is 0 Å². The van der Waals surface area contributed by atoms with Crippen LogP contribution in [-0.4, -0.2) is 70.3 Å². The maximum atomic E-state index is 12.3. The van der Waals surface area contributed by atoms with Crippen molar-refractivity contribution in [1.29, 1.82) is 0 Å². The van der Waals surface area contributed by atoms with Crippen molar-refractivity contribution in [3.8, 4) is 5.75 Å². The fourth-order valence-electron chi connectivity index (χ4n) is 3.93. The van der Waals surface area contributed by atoms with Gasteiger partial charge in [0.25, 0.3) is 0 Å². The van der Waals surface area contributed by atoms with E-state index in [4.69, 9.17) is 9.47 Å². The SMILES string of the molecule is COc1ccc(COC(=O)CC[C@H](NC(C)(C)C)C(=O)O)cc1.Cc1ccc(S(=O)(=O)OC(=O)[C@H](CS)NS(=O)(=O)c2ccccc2)cc1. The molecule has 0 saturated carbocycles. The maximum Gasteiger partial charge on any atom is 0.341 e. The number of carboxylic acid groups (broad SMARTS) is 1. The fourth-order valence-corrected chi connectivity index (χ4v) is 6.40. The zero-order valence-corrected chi connectivity index (χ0v) is 30.3. The number of aryl methyl sites for hydroxylation is 1. The van der Waals surface area contributed by atoms with E-state index in [0.29, 0.717) is 0 Å². The van der Waals surface area contributed by atoms with Gasteiger partial charge in [-0.05, 0) is 76.1 Å². The smallest absolute Gasteiger partial charge is 0.341 e. The summed E-state index contributed by atoms with van der Waals surface area (Å²) >= 11 is 3.91. The summed E-state index contributed by atoms with van der Waals surface area (Å²) in [5, 5.41) is 12.2. The summed E-state index contributed by atoms with van der Waals surface area (Å²) in [6.07, 6.45) is 0.240. The van der Waals surface area contributed by atoms with Crippen molar-refractivity contribution < 1.29 is 50.0 Å². The number of carbonyl (C=O) groups is 3. The van der Waals surface area contributed by atoms with Crippen LogP contribution in [0.5, 0.6) is 5.75 Å². The molecular formula is C33H42N2O11S3. The quantitative estimate of drug-likeness (QED) is 0.100. The second-order valence-corrected chi connectivity index (χ2v) is 15.3. The van der Waals surface area contributed by atoms with Crippen molar-refractivity contribution >= 4 is 50.7 Å². The summed E-state index contributed by atoms with van der Waals surface area (Å²) in [5.74, 6) is -2.20. The first kappa shape index (κ1) is 41.2. The minimum atomic E-state index is -4.37. The summed E-state index contributed by atoms with van der Waals surface area (Å²) in [6.45, 7) is 7.58. The monoisotopic (exact) mass is 738 g/mol. The number of benzene rings is 3. The summed E-state index contributed by atoms with van der Waals surface area (Å²) in [6, 6.07) is 18.0. The number of nitrogens with one attached hydrogen (secondary N) is 2. The predicted octanol–water partition coefficient (Wildman–Crippen LogP) is 3.86. The molecule has 0 spiro atoms. The van der Waals surface area contributed by atoms with Gasteiger partial charge in [-0.1, -0.05) is 48.0 Å². The molecule has 2 atom stereocenters. The molecule has 0 bridgehead atoms. The van der Waals surface area contributed by atoms with E-state index in [9.17, 15) is 36.3 Å². The molecule has 3 N–H and O–H groups in total. The van der Waals surface area contributed by atoms with E-state index in [2.05, 4.69) is 26.9 Å². The fraction of sp³-hybridized carbons (Fsp3) is 0.364. The summed E-state index contributed by atoms with van der Waals surface area (Å²) in [7, 11) is -6.82. The lowest BCUT2D eigenvalue weighted by Gasteiger charge is -2.25. The second-order valence-electron chi connectivity index (χ2n) is 11.7. The minimum Gasteiger partial charge on any atom is -0.497 e. The topological polar surface area (TPSA) is 191 Å². The van der Waals surface area contributed by atoms with Crippen LogP contribution in [0, 0.1) is 6.92 Å². The molecule has 3 aromatic rings. The number of thiol groups is 1. The third-order valence-electron chi connectivity index (χ3n) is 6.42. The van der Waals surface area contributed by atoms with E-state index in [-0.39, 0.29) is 40.5 Å². The van der Waals surface area contributed by atoms with Gasteiger partial charge in [0.1, 0.15) is 29.3 Å². The molecule has 0 saturated heterocycles. The summed E-state index contributed by atoms with van der Waals surface area (Å²) < 4.78 is 65.8. The Morgan fingerprint density at radius 2 is 1.45 bits per heavy atom. The maximum absolute atomic E-state index is 12.3. The highest BCUT2D eigenvalue weighted by Gasteiger charge is 2.30. The second kappa shape index (κ2) is 18.7. The molecule has 268 valence electrons. The number of ether oxygens (including phenoxy) is 2. The molecule has 0 unspecified atom stereocenters. The molecule has 0 aliphatic carbocycles. The van der Waals surface area contributed by atoms with Gasteiger partial charge in [0.15, 0.2) is 0 Å². The van der Waals surface area contributed by atoms with Gasteiger partial charge in [-0.3, -0.25) is 14.9 Å². The predicted molar refractivity (Wildman–Crippen MR) is 185 cm³/mol. The largest absolute Gasteiger partial charge is 0.497 e. The van der Waals surface area contributed by atoms with Gasteiger partial charge in [-0.25, -0.2) is 13.2 Å². The molecule has 3 rings (SSSR count). The Hall–Kier alpha value is -3.96. The first-order chi connectivity index (χ1) is 22.9. The number of rotatable bonds is 15. The minimum absolute atomic E-state index is 0.0518. The Kier molecular flexibility index (Phi) is 15.7. The van der Waals surface area contributed by atoms with Crippen molar-refractivity contribution in [3.63, 3.8) is 0 Å². The van der Waals surface area contributed by atoms with Crippen LogP contribution in [0.2, 0.25) is 0 Å². The lowest BCUT2D eigenvalue weighted by molar-refractivity contribution is -0.146. The zero-order valence-electron chi connectivity index (χ0n) is 27.8. The van der Waals surface area contributed by atoms with E-state index in [1.807, 2.05) is 32.9 Å². The van der Waals surface area contributed by atoms with Crippen molar-refractivity contribution in [2.45, 2.75) is 74.6 Å². The number of carbonyl (C=O) groups excluding carboxylic acids is 2. The zero-order chi connectivity index (χ0) is 36.8.